The van der Waals surface area contributed by atoms with Gasteiger partial charge in [0.25, 0.3) is 10.0 Å². The van der Waals surface area contributed by atoms with Crippen molar-refractivity contribution in [1.29, 1.82) is 0 Å². The van der Waals surface area contributed by atoms with Crippen molar-refractivity contribution >= 4 is 31.4 Å². The molecule has 2 aromatic carbocycles. The van der Waals surface area contributed by atoms with Gasteiger partial charge in [-0.25, -0.2) is 21.2 Å². The first-order chi connectivity index (χ1) is 11.6. The van der Waals surface area contributed by atoms with Crippen LogP contribution in [0.2, 0.25) is 0 Å². The first kappa shape index (κ1) is 19.0. The van der Waals surface area contributed by atoms with Crippen LogP contribution in [0, 0.1) is 5.82 Å². The highest BCUT2D eigenvalue weighted by atomic mass is 32.2. The molecule has 0 saturated carbocycles. The van der Waals surface area contributed by atoms with Crippen LogP contribution in [0.15, 0.2) is 47.4 Å². The molecule has 7 nitrogen and oxygen atoms in total. The second-order valence-corrected chi connectivity index (χ2v) is 8.50. The van der Waals surface area contributed by atoms with E-state index in [1.165, 1.54) is 24.3 Å². The summed E-state index contributed by atoms with van der Waals surface area (Å²) in [7, 11) is -7.72. The Labute approximate surface area is 145 Å². The molecule has 0 amide bonds. The van der Waals surface area contributed by atoms with Gasteiger partial charge in [-0.15, -0.1) is 0 Å². The summed E-state index contributed by atoms with van der Waals surface area (Å²) in [6.07, 6.45) is 0.904. The molecule has 0 saturated heterocycles. The number of halogens is 1. The van der Waals surface area contributed by atoms with E-state index in [9.17, 15) is 21.2 Å². The molecule has 0 aliphatic carbocycles. The summed E-state index contributed by atoms with van der Waals surface area (Å²) >= 11 is 0. The summed E-state index contributed by atoms with van der Waals surface area (Å²) < 4.78 is 70.7. The lowest BCUT2D eigenvalue weighted by molar-refractivity contribution is 0.340. The van der Waals surface area contributed by atoms with Gasteiger partial charge in [-0.1, -0.05) is 0 Å². The van der Waals surface area contributed by atoms with Crippen LogP contribution >= 0.6 is 0 Å². The zero-order chi connectivity index (χ0) is 18.7. The van der Waals surface area contributed by atoms with Crippen LogP contribution in [0.4, 0.5) is 15.8 Å². The largest absolute Gasteiger partial charge is 0.494 e. The summed E-state index contributed by atoms with van der Waals surface area (Å²) in [6.45, 7) is 2.24. The third-order valence-electron chi connectivity index (χ3n) is 2.97. The Morgan fingerprint density at radius 2 is 1.60 bits per heavy atom. The minimum absolute atomic E-state index is 0.0782. The molecule has 0 aliphatic rings. The van der Waals surface area contributed by atoms with Crippen molar-refractivity contribution in [3.8, 4) is 5.75 Å². The number of hydrogen-bond acceptors (Lipinski definition) is 5. The molecule has 0 atom stereocenters. The maximum absolute atomic E-state index is 13.5. The zero-order valence-electron chi connectivity index (χ0n) is 13.5. The van der Waals surface area contributed by atoms with E-state index in [0.29, 0.717) is 12.4 Å². The molecule has 2 N–H and O–H groups in total. The van der Waals surface area contributed by atoms with Crippen molar-refractivity contribution < 1.29 is 26.0 Å². The summed E-state index contributed by atoms with van der Waals surface area (Å²) in [5, 5.41) is 0. The van der Waals surface area contributed by atoms with Gasteiger partial charge >= 0.3 is 0 Å². The van der Waals surface area contributed by atoms with E-state index in [1.54, 1.807) is 6.92 Å². The van der Waals surface area contributed by atoms with Gasteiger partial charge in [0.1, 0.15) is 11.6 Å². The van der Waals surface area contributed by atoms with Gasteiger partial charge in [0.05, 0.1) is 29.1 Å². The van der Waals surface area contributed by atoms with Crippen LogP contribution in [0.5, 0.6) is 5.75 Å². The van der Waals surface area contributed by atoms with E-state index >= 15 is 0 Å². The number of anilines is 2. The molecule has 0 spiro atoms. The lowest BCUT2D eigenvalue weighted by Crippen LogP contribution is -2.16. The molecule has 2 aromatic rings. The highest BCUT2D eigenvalue weighted by molar-refractivity contribution is 7.93. The Kier molecular flexibility index (Phi) is 5.53. The number of rotatable bonds is 7. The van der Waals surface area contributed by atoms with Crippen molar-refractivity contribution in [3.63, 3.8) is 0 Å². The van der Waals surface area contributed by atoms with Gasteiger partial charge < -0.3 is 4.74 Å². The molecule has 0 bridgehead atoms. The Morgan fingerprint density at radius 1 is 0.960 bits per heavy atom. The molecule has 10 heteroatoms. The van der Waals surface area contributed by atoms with Crippen molar-refractivity contribution in [2.45, 2.75) is 11.8 Å². The second kappa shape index (κ2) is 7.28. The summed E-state index contributed by atoms with van der Waals surface area (Å²) in [5.41, 5.74) is -0.308. The SMILES string of the molecule is CCOc1ccc(S(=O)(=O)Nc2cc(F)ccc2NS(C)(=O)=O)cc1. The third kappa shape index (κ3) is 5.33. The van der Waals surface area contributed by atoms with Gasteiger partial charge in [0, 0.05) is 6.07 Å². The molecule has 0 fully saturated rings. The molecular weight excluding hydrogens is 371 g/mol. The van der Waals surface area contributed by atoms with Crippen LogP contribution in [0.25, 0.3) is 0 Å². The number of sulfonamides is 2. The van der Waals surface area contributed by atoms with E-state index in [0.717, 1.165) is 24.5 Å². The Bertz CT molecular complexity index is 958. The lowest BCUT2D eigenvalue weighted by Gasteiger charge is -2.14. The standard InChI is InChI=1S/C15H17FN2O5S2/c1-3-23-12-5-7-13(8-6-12)25(21,22)18-15-10-11(16)4-9-14(15)17-24(2,19)20/h4-10,17-18H,3H2,1-2H3. The molecule has 0 aliphatic heterocycles. The average molecular weight is 388 g/mol. The fourth-order valence-corrected chi connectivity index (χ4v) is 3.62. The molecule has 0 heterocycles. The first-order valence-corrected chi connectivity index (χ1v) is 10.5. The van der Waals surface area contributed by atoms with E-state index in [4.69, 9.17) is 4.74 Å². The molecule has 25 heavy (non-hydrogen) atoms. The van der Waals surface area contributed by atoms with Crippen LogP contribution in [0.3, 0.4) is 0 Å². The highest BCUT2D eigenvalue weighted by Crippen LogP contribution is 2.27. The molecule has 2 rings (SSSR count). The quantitative estimate of drug-likeness (QED) is 0.758. The smallest absolute Gasteiger partial charge is 0.261 e. The lowest BCUT2D eigenvalue weighted by atomic mass is 10.3. The molecule has 0 aromatic heterocycles. The normalized spacial score (nSPS) is 11.8. The maximum Gasteiger partial charge on any atom is 0.261 e. The van der Waals surface area contributed by atoms with Gasteiger partial charge in [-0.2, -0.15) is 0 Å². The Hall–Kier alpha value is -2.33. The van der Waals surface area contributed by atoms with Crippen LogP contribution in [-0.2, 0) is 20.0 Å². The molecular formula is C15H17FN2O5S2. The third-order valence-corrected chi connectivity index (χ3v) is 4.94. The van der Waals surface area contributed by atoms with Crippen molar-refractivity contribution in [2.24, 2.45) is 0 Å². The highest BCUT2D eigenvalue weighted by Gasteiger charge is 2.18. The zero-order valence-corrected chi connectivity index (χ0v) is 15.1. The van der Waals surface area contributed by atoms with E-state index in [-0.39, 0.29) is 16.3 Å². The molecule has 0 radical (unpaired) electrons. The minimum Gasteiger partial charge on any atom is -0.494 e. The van der Waals surface area contributed by atoms with Crippen LogP contribution in [-0.4, -0.2) is 29.7 Å². The van der Waals surface area contributed by atoms with Crippen LogP contribution < -0.4 is 14.2 Å². The van der Waals surface area contributed by atoms with Crippen molar-refractivity contribution in [1.82, 2.24) is 0 Å². The van der Waals surface area contributed by atoms with Crippen molar-refractivity contribution in [2.75, 3.05) is 22.3 Å². The monoisotopic (exact) mass is 388 g/mol. The number of ether oxygens (including phenoxy) is 1. The van der Waals surface area contributed by atoms with E-state index in [2.05, 4.69) is 9.44 Å². The average Bonchev–Trinajstić information content (AvgIpc) is 2.49. The maximum atomic E-state index is 13.5. The minimum atomic E-state index is -4.05. The Balaban J connectivity index is 2.35. The van der Waals surface area contributed by atoms with E-state index < -0.39 is 25.9 Å². The summed E-state index contributed by atoms with van der Waals surface area (Å²) in [6, 6.07) is 8.67. The Morgan fingerprint density at radius 3 is 2.16 bits per heavy atom. The summed E-state index contributed by atoms with van der Waals surface area (Å²) in [5.74, 6) is -0.213. The molecule has 0 unspecified atom stereocenters. The summed E-state index contributed by atoms with van der Waals surface area (Å²) in [4.78, 5) is -0.0782. The number of nitrogens with one attached hydrogen (secondary N) is 2. The fraction of sp³-hybridized carbons (Fsp3) is 0.200. The second-order valence-electron chi connectivity index (χ2n) is 5.07. The molecule has 136 valence electrons. The van der Waals surface area contributed by atoms with Crippen LogP contribution in [0.1, 0.15) is 6.92 Å². The van der Waals surface area contributed by atoms with E-state index in [1.807, 2.05) is 0 Å². The number of benzene rings is 2. The number of hydrogen-bond donors (Lipinski definition) is 2. The van der Waals surface area contributed by atoms with Gasteiger partial charge in [-0.3, -0.25) is 9.44 Å². The first-order valence-electron chi connectivity index (χ1n) is 7.14. The topological polar surface area (TPSA) is 102 Å². The fourth-order valence-electron chi connectivity index (χ4n) is 1.98. The van der Waals surface area contributed by atoms with Gasteiger partial charge in [0.2, 0.25) is 10.0 Å². The van der Waals surface area contributed by atoms with Crippen molar-refractivity contribution in [3.05, 3.63) is 48.3 Å². The van der Waals surface area contributed by atoms with Gasteiger partial charge in [0.15, 0.2) is 0 Å². The van der Waals surface area contributed by atoms with Gasteiger partial charge in [-0.05, 0) is 43.3 Å². The predicted octanol–water partition coefficient (Wildman–Crippen LogP) is 2.40. The predicted molar refractivity (Wildman–Crippen MR) is 93.3 cm³/mol.